The van der Waals surface area contributed by atoms with Crippen molar-refractivity contribution in [2.75, 3.05) is 6.54 Å². The van der Waals surface area contributed by atoms with Crippen LogP contribution < -0.4 is 26.6 Å². The normalized spacial score (nSPS) is 40.0. The summed E-state index contributed by atoms with van der Waals surface area (Å²) in [5.74, 6) is -0.880. The lowest BCUT2D eigenvalue weighted by atomic mass is 9.85. The highest BCUT2D eigenvalue weighted by molar-refractivity contribution is 4.95. The molecular weight excluding hydrogens is 376 g/mol. The molecule has 2 aliphatic carbocycles. The van der Waals surface area contributed by atoms with Gasteiger partial charge in [0.15, 0.2) is 6.17 Å². The van der Waals surface area contributed by atoms with Crippen LogP contribution in [0.25, 0.3) is 0 Å². The van der Waals surface area contributed by atoms with Gasteiger partial charge >= 0.3 is 6.18 Å². The molecule has 0 amide bonds. The average molecular weight is 406 g/mol. The summed E-state index contributed by atoms with van der Waals surface area (Å²) in [6.07, 6.45) is -2.00. The molecule has 5 atom stereocenters. The minimum Gasteiger partial charge on any atom is -0.289 e. The van der Waals surface area contributed by atoms with Gasteiger partial charge in [-0.15, -0.1) is 0 Å². The Balaban J connectivity index is 1.48. The first-order valence-corrected chi connectivity index (χ1v) is 10.2. The van der Waals surface area contributed by atoms with Crippen molar-refractivity contribution >= 4 is 0 Å². The third-order valence-electron chi connectivity index (χ3n) is 6.06. The minimum atomic E-state index is -4.16. The standard InChI is InChI=1S/C18H30F4N6/c19-13-6-4-11(5-7-13)10-24-16-26-15(9-23)27-17(28-16)25-14-3-1-2-12(8-14)18(20,21)22/h11-17,24-28H,1-8,10H2. The number of hydrogen-bond donors (Lipinski definition) is 5. The summed E-state index contributed by atoms with van der Waals surface area (Å²) < 4.78 is 52.3. The van der Waals surface area contributed by atoms with Crippen LogP contribution in [-0.2, 0) is 0 Å². The van der Waals surface area contributed by atoms with Crippen LogP contribution in [0.15, 0.2) is 0 Å². The Morgan fingerprint density at radius 3 is 2.36 bits per heavy atom. The van der Waals surface area contributed by atoms with E-state index in [0.717, 1.165) is 12.8 Å². The van der Waals surface area contributed by atoms with E-state index >= 15 is 0 Å². The van der Waals surface area contributed by atoms with E-state index in [0.29, 0.717) is 38.1 Å². The Hall–Kier alpha value is -0.990. The smallest absolute Gasteiger partial charge is 0.289 e. The topological polar surface area (TPSA) is 83.9 Å². The molecule has 160 valence electrons. The molecule has 3 rings (SSSR count). The lowest BCUT2D eigenvalue weighted by Gasteiger charge is -2.40. The first-order valence-electron chi connectivity index (χ1n) is 10.2. The number of rotatable bonds is 5. The molecule has 28 heavy (non-hydrogen) atoms. The third-order valence-corrected chi connectivity index (χ3v) is 6.06. The fourth-order valence-corrected chi connectivity index (χ4v) is 4.42. The molecule has 0 radical (unpaired) electrons. The summed E-state index contributed by atoms with van der Waals surface area (Å²) in [4.78, 5) is 0. The van der Waals surface area contributed by atoms with Gasteiger partial charge in [-0.2, -0.15) is 18.4 Å². The van der Waals surface area contributed by atoms with Gasteiger partial charge in [0.2, 0.25) is 0 Å². The van der Waals surface area contributed by atoms with Gasteiger partial charge in [0.1, 0.15) is 18.8 Å². The van der Waals surface area contributed by atoms with Gasteiger partial charge in [-0.1, -0.05) is 6.42 Å². The predicted molar refractivity (Wildman–Crippen MR) is 96.2 cm³/mol. The second-order valence-electron chi connectivity index (χ2n) is 8.22. The predicted octanol–water partition coefficient (Wildman–Crippen LogP) is 2.01. The Kier molecular flexibility index (Phi) is 7.50. The Morgan fingerprint density at radius 1 is 0.964 bits per heavy atom. The molecule has 6 nitrogen and oxygen atoms in total. The highest BCUT2D eigenvalue weighted by atomic mass is 19.4. The van der Waals surface area contributed by atoms with Crippen molar-refractivity contribution < 1.29 is 17.6 Å². The molecule has 0 aromatic heterocycles. The van der Waals surface area contributed by atoms with Crippen LogP contribution in [0.2, 0.25) is 0 Å². The lowest BCUT2D eigenvalue weighted by molar-refractivity contribution is -0.184. The van der Waals surface area contributed by atoms with Crippen molar-refractivity contribution in [3.05, 3.63) is 0 Å². The summed E-state index contributed by atoms with van der Waals surface area (Å²) in [6, 6.07) is 1.85. The zero-order chi connectivity index (χ0) is 20.1. The van der Waals surface area contributed by atoms with E-state index in [1.807, 2.05) is 0 Å². The van der Waals surface area contributed by atoms with E-state index in [1.165, 1.54) is 0 Å². The maximum Gasteiger partial charge on any atom is 0.391 e. The second-order valence-corrected chi connectivity index (χ2v) is 8.22. The Bertz CT molecular complexity index is 531. The highest BCUT2D eigenvalue weighted by Crippen LogP contribution is 2.37. The zero-order valence-corrected chi connectivity index (χ0v) is 15.9. The number of nitrogens with zero attached hydrogens (tertiary/aromatic N) is 1. The van der Waals surface area contributed by atoms with Crippen LogP contribution in [-0.4, -0.2) is 43.7 Å². The number of alkyl halides is 4. The summed E-state index contributed by atoms with van der Waals surface area (Å²) in [7, 11) is 0. The molecule has 5 N–H and O–H groups in total. The van der Waals surface area contributed by atoms with Gasteiger partial charge in [-0.05, 0) is 50.9 Å². The van der Waals surface area contributed by atoms with Crippen molar-refractivity contribution in [2.45, 2.75) is 88.5 Å². The van der Waals surface area contributed by atoms with Gasteiger partial charge in [-0.3, -0.25) is 26.6 Å². The molecule has 10 heteroatoms. The van der Waals surface area contributed by atoms with Crippen molar-refractivity contribution in [1.29, 1.82) is 5.26 Å². The zero-order valence-electron chi connectivity index (χ0n) is 15.9. The van der Waals surface area contributed by atoms with Crippen molar-refractivity contribution in [1.82, 2.24) is 26.6 Å². The number of nitriles is 1. The summed E-state index contributed by atoms with van der Waals surface area (Å²) >= 11 is 0. The van der Waals surface area contributed by atoms with Gasteiger partial charge < -0.3 is 0 Å². The molecule has 3 aliphatic rings. The third kappa shape index (κ3) is 6.26. The molecule has 0 aromatic carbocycles. The lowest BCUT2D eigenvalue weighted by Crippen LogP contribution is -2.75. The van der Waals surface area contributed by atoms with E-state index in [9.17, 15) is 22.8 Å². The summed E-state index contributed by atoms with van der Waals surface area (Å²) in [5, 5.41) is 25.1. The first kappa shape index (κ1) is 21.7. The number of nitrogens with one attached hydrogen (secondary N) is 5. The largest absolute Gasteiger partial charge is 0.391 e. The van der Waals surface area contributed by atoms with Crippen LogP contribution >= 0.6 is 0 Å². The van der Waals surface area contributed by atoms with Gasteiger partial charge in [0.05, 0.1) is 12.0 Å². The second kappa shape index (κ2) is 9.67. The first-order chi connectivity index (χ1) is 13.3. The Morgan fingerprint density at radius 2 is 1.68 bits per heavy atom. The van der Waals surface area contributed by atoms with E-state index in [4.69, 9.17) is 0 Å². The summed E-state index contributed by atoms with van der Waals surface area (Å²) in [5.41, 5.74) is 0. The van der Waals surface area contributed by atoms with Crippen LogP contribution in [0.3, 0.4) is 0 Å². The maximum absolute atomic E-state index is 13.3. The van der Waals surface area contributed by atoms with E-state index in [-0.39, 0.29) is 25.2 Å². The molecule has 2 saturated carbocycles. The monoisotopic (exact) mass is 406 g/mol. The molecule has 3 fully saturated rings. The molecule has 0 aromatic rings. The van der Waals surface area contributed by atoms with Gasteiger partial charge in [0, 0.05) is 12.6 Å². The van der Waals surface area contributed by atoms with Crippen LogP contribution in [0, 0.1) is 23.2 Å². The van der Waals surface area contributed by atoms with Crippen LogP contribution in [0.5, 0.6) is 0 Å². The van der Waals surface area contributed by atoms with Crippen molar-refractivity contribution in [2.24, 2.45) is 11.8 Å². The Labute approximate surface area is 163 Å². The molecule has 1 aliphatic heterocycles. The fourth-order valence-electron chi connectivity index (χ4n) is 4.42. The van der Waals surface area contributed by atoms with Gasteiger partial charge in [-0.25, -0.2) is 4.39 Å². The SMILES string of the molecule is N#CC1NC(NCC2CCC(F)CC2)NC(NC2CCCC(C(F)(F)F)C2)N1. The molecule has 0 bridgehead atoms. The molecular formula is C18H30F4N6. The molecule has 1 heterocycles. The fraction of sp³-hybridized carbons (Fsp3) is 0.944. The van der Waals surface area contributed by atoms with E-state index in [2.05, 4.69) is 32.7 Å². The highest BCUT2D eigenvalue weighted by Gasteiger charge is 2.42. The van der Waals surface area contributed by atoms with Crippen molar-refractivity contribution in [3.8, 4) is 6.07 Å². The number of halogens is 4. The van der Waals surface area contributed by atoms with Crippen LogP contribution in [0.1, 0.15) is 51.4 Å². The molecule has 5 unspecified atom stereocenters. The van der Waals surface area contributed by atoms with Crippen LogP contribution in [0.4, 0.5) is 17.6 Å². The van der Waals surface area contributed by atoms with E-state index < -0.39 is 30.7 Å². The van der Waals surface area contributed by atoms with Gasteiger partial charge in [0.25, 0.3) is 0 Å². The molecule has 1 saturated heterocycles. The average Bonchev–Trinajstić information content (AvgIpc) is 2.67. The van der Waals surface area contributed by atoms with Crippen molar-refractivity contribution in [3.63, 3.8) is 0 Å². The quantitative estimate of drug-likeness (QED) is 0.450. The minimum absolute atomic E-state index is 0.0541. The number of hydrogen-bond acceptors (Lipinski definition) is 6. The molecule has 0 spiro atoms. The van der Waals surface area contributed by atoms with E-state index in [1.54, 1.807) is 0 Å². The summed E-state index contributed by atoms with van der Waals surface area (Å²) in [6.45, 7) is 0.696. The maximum atomic E-state index is 13.3.